The fourth-order valence-electron chi connectivity index (χ4n) is 3.11. The van der Waals surface area contributed by atoms with E-state index in [1.807, 2.05) is 18.3 Å². The maximum atomic E-state index is 5.52. The third-order valence-electron chi connectivity index (χ3n) is 4.30. The normalized spacial score (nSPS) is 15.0. The van der Waals surface area contributed by atoms with Gasteiger partial charge in [0.2, 0.25) is 0 Å². The first-order valence-corrected chi connectivity index (χ1v) is 8.70. The maximum Gasteiger partial charge on any atom is 0.139 e. The molecule has 1 aliphatic rings. The molecule has 1 aliphatic heterocycles. The molecule has 0 saturated carbocycles. The maximum absolute atomic E-state index is 5.52. The van der Waals surface area contributed by atoms with Crippen LogP contribution in [0.5, 0.6) is 5.75 Å². The number of rotatable bonds is 3. The van der Waals surface area contributed by atoms with Crippen molar-refractivity contribution in [3.05, 3.63) is 41.0 Å². The van der Waals surface area contributed by atoms with E-state index in [9.17, 15) is 0 Å². The van der Waals surface area contributed by atoms with Crippen LogP contribution >= 0.6 is 15.9 Å². The summed E-state index contributed by atoms with van der Waals surface area (Å²) >= 11 is 3.54. The SMILES string of the molecule is COc1ccc(-c2[nH]c3ncc(Br)cc3c2N2CCOCC2)cc1. The van der Waals surface area contributed by atoms with Gasteiger partial charge >= 0.3 is 0 Å². The predicted octanol–water partition coefficient (Wildman–Crippen LogP) is 3.84. The molecule has 0 amide bonds. The molecule has 0 aliphatic carbocycles. The van der Waals surface area contributed by atoms with E-state index in [4.69, 9.17) is 9.47 Å². The Hall–Kier alpha value is -2.05. The summed E-state index contributed by atoms with van der Waals surface area (Å²) in [5.41, 5.74) is 4.28. The number of halogens is 1. The van der Waals surface area contributed by atoms with Crippen LogP contribution < -0.4 is 9.64 Å². The largest absolute Gasteiger partial charge is 0.497 e. The molecule has 0 radical (unpaired) electrons. The first-order chi connectivity index (χ1) is 11.8. The van der Waals surface area contributed by atoms with E-state index in [0.717, 1.165) is 58.8 Å². The summed E-state index contributed by atoms with van der Waals surface area (Å²) in [4.78, 5) is 10.4. The van der Waals surface area contributed by atoms with Crippen molar-refractivity contribution in [2.75, 3.05) is 38.3 Å². The van der Waals surface area contributed by atoms with Crippen LogP contribution in [0.2, 0.25) is 0 Å². The second kappa shape index (κ2) is 6.45. The Morgan fingerprint density at radius 2 is 1.96 bits per heavy atom. The van der Waals surface area contributed by atoms with Crippen LogP contribution in [0.4, 0.5) is 5.69 Å². The molecule has 0 unspecified atom stereocenters. The fraction of sp³-hybridized carbons (Fsp3) is 0.278. The van der Waals surface area contributed by atoms with Gasteiger partial charge in [-0.25, -0.2) is 4.98 Å². The minimum absolute atomic E-state index is 0.746. The molecular formula is C18H18BrN3O2. The lowest BCUT2D eigenvalue weighted by molar-refractivity contribution is 0.123. The molecular weight excluding hydrogens is 370 g/mol. The lowest BCUT2D eigenvalue weighted by atomic mass is 10.1. The van der Waals surface area contributed by atoms with Crippen molar-refractivity contribution in [2.24, 2.45) is 0 Å². The molecule has 1 aromatic carbocycles. The van der Waals surface area contributed by atoms with Gasteiger partial charge in [0.1, 0.15) is 11.4 Å². The Bertz CT molecular complexity index is 855. The molecule has 6 heteroatoms. The third-order valence-corrected chi connectivity index (χ3v) is 4.73. The highest BCUT2D eigenvalue weighted by molar-refractivity contribution is 9.10. The van der Waals surface area contributed by atoms with Crippen molar-refractivity contribution in [2.45, 2.75) is 0 Å². The summed E-state index contributed by atoms with van der Waals surface area (Å²) in [7, 11) is 1.68. The molecule has 124 valence electrons. The van der Waals surface area contributed by atoms with E-state index >= 15 is 0 Å². The fourth-order valence-corrected chi connectivity index (χ4v) is 3.44. The van der Waals surface area contributed by atoms with Gasteiger partial charge in [0, 0.05) is 34.7 Å². The lowest BCUT2D eigenvalue weighted by Crippen LogP contribution is -2.36. The van der Waals surface area contributed by atoms with Gasteiger partial charge in [-0.3, -0.25) is 0 Å². The van der Waals surface area contributed by atoms with Crippen LogP contribution in [-0.2, 0) is 4.74 Å². The molecule has 3 aromatic rings. The van der Waals surface area contributed by atoms with E-state index < -0.39 is 0 Å². The molecule has 2 aromatic heterocycles. The summed E-state index contributed by atoms with van der Waals surface area (Å²) in [5.74, 6) is 0.851. The van der Waals surface area contributed by atoms with Crippen molar-refractivity contribution < 1.29 is 9.47 Å². The molecule has 1 saturated heterocycles. The van der Waals surface area contributed by atoms with Crippen LogP contribution in [0.15, 0.2) is 41.0 Å². The highest BCUT2D eigenvalue weighted by Gasteiger charge is 2.21. The first-order valence-electron chi connectivity index (χ1n) is 7.90. The van der Waals surface area contributed by atoms with Gasteiger partial charge in [0.05, 0.1) is 31.7 Å². The Balaban J connectivity index is 1.89. The number of morpholine rings is 1. The number of hydrogen-bond donors (Lipinski definition) is 1. The Morgan fingerprint density at radius 1 is 1.21 bits per heavy atom. The topological polar surface area (TPSA) is 50.4 Å². The second-order valence-corrected chi connectivity index (χ2v) is 6.64. The summed E-state index contributed by atoms with van der Waals surface area (Å²) in [5, 5.41) is 1.12. The molecule has 1 N–H and O–H groups in total. The summed E-state index contributed by atoms with van der Waals surface area (Å²) in [6, 6.07) is 10.2. The zero-order chi connectivity index (χ0) is 16.5. The number of aromatic amines is 1. The third kappa shape index (κ3) is 2.76. The number of anilines is 1. The van der Waals surface area contributed by atoms with Crippen LogP contribution in [-0.4, -0.2) is 43.4 Å². The van der Waals surface area contributed by atoms with Crippen LogP contribution in [0, 0.1) is 0 Å². The van der Waals surface area contributed by atoms with Gasteiger partial charge in [0.15, 0.2) is 0 Å². The summed E-state index contributed by atoms with van der Waals surface area (Å²) < 4.78 is 11.8. The zero-order valence-electron chi connectivity index (χ0n) is 13.4. The van der Waals surface area contributed by atoms with E-state index in [1.165, 1.54) is 5.69 Å². The van der Waals surface area contributed by atoms with Crippen LogP contribution in [0.3, 0.4) is 0 Å². The van der Waals surface area contributed by atoms with E-state index in [1.54, 1.807) is 7.11 Å². The number of methoxy groups -OCH3 is 1. The van der Waals surface area contributed by atoms with E-state index in [0.29, 0.717) is 0 Å². The smallest absolute Gasteiger partial charge is 0.139 e. The number of aromatic nitrogens is 2. The molecule has 5 nitrogen and oxygen atoms in total. The van der Waals surface area contributed by atoms with E-state index in [-0.39, 0.29) is 0 Å². The Morgan fingerprint density at radius 3 is 2.67 bits per heavy atom. The van der Waals surface area contributed by atoms with Crippen molar-refractivity contribution in [1.29, 1.82) is 0 Å². The van der Waals surface area contributed by atoms with Gasteiger partial charge in [-0.15, -0.1) is 0 Å². The molecule has 0 atom stereocenters. The average molecular weight is 388 g/mol. The second-order valence-electron chi connectivity index (χ2n) is 5.73. The number of nitrogens with zero attached hydrogens (tertiary/aromatic N) is 2. The standard InChI is InChI=1S/C18H18BrN3O2/c1-23-14-4-2-12(3-5-14)16-17(22-6-8-24-9-7-22)15-10-13(19)11-20-18(15)21-16/h2-5,10-11H,6-9H2,1H3,(H,20,21). The highest BCUT2D eigenvalue weighted by atomic mass is 79.9. The van der Waals surface area contributed by atoms with Crippen molar-refractivity contribution >= 4 is 32.7 Å². The monoisotopic (exact) mass is 387 g/mol. The Labute approximate surface area is 148 Å². The highest BCUT2D eigenvalue weighted by Crippen LogP contribution is 2.38. The van der Waals surface area contributed by atoms with Crippen LogP contribution in [0.25, 0.3) is 22.3 Å². The number of ether oxygens (including phenoxy) is 2. The van der Waals surface area contributed by atoms with Gasteiger partial charge in [-0.2, -0.15) is 0 Å². The van der Waals surface area contributed by atoms with Gasteiger partial charge in [-0.05, 0) is 46.3 Å². The van der Waals surface area contributed by atoms with Crippen molar-refractivity contribution in [3.8, 4) is 17.0 Å². The summed E-state index contributed by atoms with van der Waals surface area (Å²) in [6.07, 6.45) is 1.82. The number of fused-ring (bicyclic) bond motifs is 1. The molecule has 24 heavy (non-hydrogen) atoms. The lowest BCUT2D eigenvalue weighted by Gasteiger charge is -2.29. The molecule has 3 heterocycles. The van der Waals surface area contributed by atoms with Gasteiger partial charge < -0.3 is 19.4 Å². The number of pyridine rings is 1. The number of H-pyrrole nitrogens is 1. The minimum Gasteiger partial charge on any atom is -0.497 e. The van der Waals surface area contributed by atoms with Gasteiger partial charge in [0.25, 0.3) is 0 Å². The van der Waals surface area contributed by atoms with Crippen LogP contribution in [0.1, 0.15) is 0 Å². The Kier molecular flexibility index (Phi) is 4.16. The first kappa shape index (κ1) is 15.5. The molecule has 0 bridgehead atoms. The van der Waals surface area contributed by atoms with Crippen molar-refractivity contribution in [1.82, 2.24) is 9.97 Å². The minimum atomic E-state index is 0.746. The number of hydrogen-bond acceptors (Lipinski definition) is 4. The predicted molar refractivity (Wildman–Crippen MR) is 98.8 cm³/mol. The van der Waals surface area contributed by atoms with Crippen molar-refractivity contribution in [3.63, 3.8) is 0 Å². The van der Waals surface area contributed by atoms with Gasteiger partial charge in [-0.1, -0.05) is 0 Å². The molecule has 0 spiro atoms. The average Bonchev–Trinajstić information content (AvgIpc) is 3.01. The quantitative estimate of drug-likeness (QED) is 0.741. The van der Waals surface area contributed by atoms with E-state index in [2.05, 4.69) is 49.0 Å². The number of nitrogens with one attached hydrogen (secondary N) is 1. The molecule has 4 rings (SSSR count). The number of benzene rings is 1. The summed E-state index contributed by atoms with van der Waals surface area (Å²) in [6.45, 7) is 3.25. The molecule has 1 fully saturated rings. The zero-order valence-corrected chi connectivity index (χ0v) is 15.0.